The Labute approximate surface area is 96.8 Å². The third-order valence-corrected chi connectivity index (χ3v) is 2.79. The zero-order valence-corrected chi connectivity index (χ0v) is 10.2. The predicted molar refractivity (Wildman–Crippen MR) is 64.9 cm³/mol. The molecule has 0 aliphatic carbocycles. The molecule has 0 saturated carbocycles. The Morgan fingerprint density at radius 3 is 2.73 bits per heavy atom. The first-order valence-electron chi connectivity index (χ1n) is 5.50. The van der Waals surface area contributed by atoms with Gasteiger partial charge in [-0.15, -0.1) is 0 Å². The van der Waals surface area contributed by atoms with Crippen molar-refractivity contribution in [3.63, 3.8) is 0 Å². The summed E-state index contributed by atoms with van der Waals surface area (Å²) in [6, 6.07) is 3.78. The summed E-state index contributed by atoms with van der Waals surface area (Å²) in [6.07, 6.45) is 5.08. The molecular weight excluding hydrogens is 208 g/mol. The number of nitrogens with two attached hydrogens (primary N) is 1. The van der Waals surface area contributed by atoms with Crippen molar-refractivity contribution in [3.8, 4) is 0 Å². The lowest BCUT2D eigenvalue weighted by molar-refractivity contribution is 0.436. The Balaban J connectivity index is 2.53. The van der Waals surface area contributed by atoms with E-state index in [0.717, 1.165) is 12.1 Å². The second-order valence-electron chi connectivity index (χ2n) is 4.14. The molecule has 1 aromatic heterocycles. The number of aromatic nitrogens is 1. The molecule has 15 heavy (non-hydrogen) atoms. The van der Waals surface area contributed by atoms with Crippen LogP contribution in [0, 0.1) is 5.92 Å². The van der Waals surface area contributed by atoms with Gasteiger partial charge in [0.05, 0.1) is 10.7 Å². The van der Waals surface area contributed by atoms with Crippen LogP contribution in [0.15, 0.2) is 18.3 Å². The van der Waals surface area contributed by atoms with Gasteiger partial charge < -0.3 is 5.73 Å². The summed E-state index contributed by atoms with van der Waals surface area (Å²) in [5.41, 5.74) is 7.00. The monoisotopic (exact) mass is 226 g/mol. The van der Waals surface area contributed by atoms with Crippen molar-refractivity contribution in [1.82, 2.24) is 4.98 Å². The topological polar surface area (TPSA) is 38.9 Å². The molecule has 1 aromatic rings. The average Bonchev–Trinajstić information content (AvgIpc) is 2.18. The van der Waals surface area contributed by atoms with E-state index in [4.69, 9.17) is 17.3 Å². The molecule has 0 spiro atoms. The van der Waals surface area contributed by atoms with Crippen molar-refractivity contribution in [1.29, 1.82) is 0 Å². The van der Waals surface area contributed by atoms with Gasteiger partial charge in [-0.3, -0.25) is 4.98 Å². The van der Waals surface area contributed by atoms with E-state index in [1.165, 1.54) is 12.8 Å². The second-order valence-corrected chi connectivity index (χ2v) is 4.57. The molecule has 0 radical (unpaired) electrons. The first-order chi connectivity index (χ1) is 7.13. The molecule has 1 rings (SSSR count). The van der Waals surface area contributed by atoms with Crippen LogP contribution in [-0.4, -0.2) is 4.98 Å². The number of rotatable bonds is 5. The first-order valence-corrected chi connectivity index (χ1v) is 5.88. The Morgan fingerprint density at radius 2 is 2.20 bits per heavy atom. The van der Waals surface area contributed by atoms with Crippen molar-refractivity contribution in [2.75, 3.05) is 0 Å². The summed E-state index contributed by atoms with van der Waals surface area (Å²) < 4.78 is 0. The van der Waals surface area contributed by atoms with Crippen LogP contribution in [0.25, 0.3) is 0 Å². The van der Waals surface area contributed by atoms with Crippen molar-refractivity contribution >= 4 is 11.6 Å². The highest BCUT2D eigenvalue weighted by Gasteiger charge is 2.11. The molecule has 3 heteroatoms. The Kier molecular flexibility index (Phi) is 5.06. The molecule has 0 amide bonds. The summed E-state index contributed by atoms with van der Waals surface area (Å²) in [5.74, 6) is 0.655. The minimum absolute atomic E-state index is 0.0313. The molecule has 0 aromatic carbocycles. The smallest absolute Gasteiger partial charge is 0.0589 e. The van der Waals surface area contributed by atoms with E-state index in [0.29, 0.717) is 10.9 Å². The van der Waals surface area contributed by atoms with Gasteiger partial charge in [-0.05, 0) is 24.5 Å². The highest BCUT2D eigenvalue weighted by molar-refractivity contribution is 6.30. The lowest BCUT2D eigenvalue weighted by atomic mass is 9.96. The molecule has 2 unspecified atom stereocenters. The SMILES string of the molecule is CCCC(C)CC(N)c1ccc(Cl)cn1. The molecule has 1 heterocycles. The fraction of sp³-hybridized carbons (Fsp3) is 0.583. The third-order valence-electron chi connectivity index (χ3n) is 2.57. The van der Waals surface area contributed by atoms with Gasteiger partial charge in [-0.25, -0.2) is 0 Å². The lowest BCUT2D eigenvalue weighted by Crippen LogP contribution is -2.15. The van der Waals surface area contributed by atoms with Gasteiger partial charge in [0, 0.05) is 12.2 Å². The van der Waals surface area contributed by atoms with E-state index in [2.05, 4.69) is 18.8 Å². The van der Waals surface area contributed by atoms with Crippen LogP contribution >= 0.6 is 11.6 Å². The summed E-state index contributed by atoms with van der Waals surface area (Å²) in [5, 5.41) is 0.660. The van der Waals surface area contributed by atoms with Gasteiger partial charge in [0.1, 0.15) is 0 Å². The van der Waals surface area contributed by atoms with Crippen LogP contribution in [0.5, 0.6) is 0 Å². The van der Waals surface area contributed by atoms with Crippen molar-refractivity contribution in [2.45, 2.75) is 39.2 Å². The molecule has 0 fully saturated rings. The summed E-state index contributed by atoms with van der Waals surface area (Å²) in [6.45, 7) is 4.43. The quantitative estimate of drug-likeness (QED) is 0.834. The lowest BCUT2D eigenvalue weighted by Gasteiger charge is -2.16. The molecular formula is C12H19ClN2. The molecule has 0 bridgehead atoms. The van der Waals surface area contributed by atoms with E-state index in [9.17, 15) is 0 Å². The number of hydrogen-bond donors (Lipinski definition) is 1. The van der Waals surface area contributed by atoms with Crippen LogP contribution in [-0.2, 0) is 0 Å². The Hall–Kier alpha value is -0.600. The highest BCUT2D eigenvalue weighted by Crippen LogP contribution is 2.21. The van der Waals surface area contributed by atoms with Gasteiger partial charge in [-0.2, -0.15) is 0 Å². The Bertz CT molecular complexity index is 284. The maximum absolute atomic E-state index is 6.07. The average molecular weight is 227 g/mol. The van der Waals surface area contributed by atoms with Crippen molar-refractivity contribution in [2.24, 2.45) is 11.7 Å². The van der Waals surface area contributed by atoms with Gasteiger partial charge in [0.15, 0.2) is 0 Å². The predicted octanol–water partition coefficient (Wildman–Crippen LogP) is 3.56. The zero-order chi connectivity index (χ0) is 11.3. The molecule has 0 aliphatic rings. The third kappa shape index (κ3) is 4.18. The second kappa shape index (κ2) is 6.09. The number of nitrogens with zero attached hydrogens (tertiary/aromatic N) is 1. The van der Waals surface area contributed by atoms with E-state index in [-0.39, 0.29) is 6.04 Å². The van der Waals surface area contributed by atoms with Gasteiger partial charge in [0.25, 0.3) is 0 Å². The number of halogens is 1. The highest BCUT2D eigenvalue weighted by atomic mass is 35.5. The number of hydrogen-bond acceptors (Lipinski definition) is 2. The van der Waals surface area contributed by atoms with Crippen LogP contribution in [0.3, 0.4) is 0 Å². The van der Waals surface area contributed by atoms with E-state index >= 15 is 0 Å². The first kappa shape index (κ1) is 12.5. The normalized spacial score (nSPS) is 14.9. The van der Waals surface area contributed by atoms with Gasteiger partial charge >= 0.3 is 0 Å². The van der Waals surface area contributed by atoms with E-state index in [1.807, 2.05) is 12.1 Å². The van der Waals surface area contributed by atoms with Crippen molar-refractivity contribution in [3.05, 3.63) is 29.0 Å². The van der Waals surface area contributed by atoms with Crippen LogP contribution in [0.2, 0.25) is 5.02 Å². The maximum Gasteiger partial charge on any atom is 0.0589 e. The Morgan fingerprint density at radius 1 is 1.47 bits per heavy atom. The summed E-state index contributed by atoms with van der Waals surface area (Å²) in [7, 11) is 0. The standard InChI is InChI=1S/C12H19ClN2/c1-3-4-9(2)7-11(14)12-6-5-10(13)8-15-12/h5-6,8-9,11H,3-4,7,14H2,1-2H3. The minimum atomic E-state index is 0.0313. The molecule has 2 nitrogen and oxygen atoms in total. The zero-order valence-electron chi connectivity index (χ0n) is 9.41. The number of pyridine rings is 1. The van der Waals surface area contributed by atoms with Crippen LogP contribution in [0.4, 0.5) is 0 Å². The van der Waals surface area contributed by atoms with Crippen LogP contribution < -0.4 is 5.73 Å². The molecule has 2 N–H and O–H groups in total. The van der Waals surface area contributed by atoms with Crippen molar-refractivity contribution < 1.29 is 0 Å². The molecule has 0 saturated heterocycles. The van der Waals surface area contributed by atoms with Gasteiger partial charge in [-0.1, -0.05) is 38.3 Å². The fourth-order valence-corrected chi connectivity index (χ4v) is 1.88. The van der Waals surface area contributed by atoms with Crippen LogP contribution in [0.1, 0.15) is 44.8 Å². The van der Waals surface area contributed by atoms with E-state index in [1.54, 1.807) is 6.20 Å². The minimum Gasteiger partial charge on any atom is -0.323 e. The largest absolute Gasteiger partial charge is 0.323 e. The maximum atomic E-state index is 6.07. The fourth-order valence-electron chi connectivity index (χ4n) is 1.77. The molecule has 2 atom stereocenters. The van der Waals surface area contributed by atoms with Gasteiger partial charge in [0.2, 0.25) is 0 Å². The van der Waals surface area contributed by atoms with E-state index < -0.39 is 0 Å². The molecule has 0 aliphatic heterocycles. The summed E-state index contributed by atoms with van der Waals surface area (Å²) >= 11 is 5.77. The summed E-state index contributed by atoms with van der Waals surface area (Å²) in [4.78, 5) is 4.23. The molecule has 84 valence electrons.